The van der Waals surface area contributed by atoms with Crippen LogP contribution in [0.5, 0.6) is 0 Å². The van der Waals surface area contributed by atoms with E-state index in [2.05, 4.69) is 31.2 Å². The third-order valence-electron chi connectivity index (χ3n) is 2.36. The summed E-state index contributed by atoms with van der Waals surface area (Å²) in [6.07, 6.45) is 2.92. The van der Waals surface area contributed by atoms with Crippen molar-refractivity contribution in [1.29, 1.82) is 0 Å². The second kappa shape index (κ2) is 5.58. The Balaban J connectivity index is 2.03. The van der Waals surface area contributed by atoms with Crippen molar-refractivity contribution in [2.45, 2.75) is 31.9 Å². The maximum atomic E-state index is 5.53. The van der Waals surface area contributed by atoms with Gasteiger partial charge in [0.15, 0.2) is 0 Å². The SMILES string of the molecule is CC(CN(C)C)NC[C@@H]1CCCO1. The lowest BCUT2D eigenvalue weighted by Gasteiger charge is -2.20. The van der Waals surface area contributed by atoms with Gasteiger partial charge in [-0.15, -0.1) is 0 Å². The van der Waals surface area contributed by atoms with Crippen LogP contribution in [-0.4, -0.2) is 50.8 Å². The molecule has 0 aromatic heterocycles. The number of hydrogen-bond donors (Lipinski definition) is 1. The summed E-state index contributed by atoms with van der Waals surface area (Å²) in [6.45, 7) is 5.27. The summed E-state index contributed by atoms with van der Waals surface area (Å²) in [4.78, 5) is 2.20. The zero-order chi connectivity index (χ0) is 9.68. The molecule has 0 bridgehead atoms. The van der Waals surface area contributed by atoms with E-state index < -0.39 is 0 Å². The highest BCUT2D eigenvalue weighted by molar-refractivity contribution is 4.71. The van der Waals surface area contributed by atoms with E-state index >= 15 is 0 Å². The molecule has 0 radical (unpaired) electrons. The second-order valence-corrected chi connectivity index (χ2v) is 4.21. The minimum Gasteiger partial charge on any atom is -0.377 e. The molecule has 13 heavy (non-hydrogen) atoms. The normalized spacial score (nSPS) is 25.4. The molecule has 1 unspecified atom stereocenters. The van der Waals surface area contributed by atoms with Crippen LogP contribution in [0.15, 0.2) is 0 Å². The highest BCUT2D eigenvalue weighted by Gasteiger charge is 2.15. The van der Waals surface area contributed by atoms with E-state index in [9.17, 15) is 0 Å². The molecule has 0 aromatic rings. The zero-order valence-electron chi connectivity index (χ0n) is 9.05. The zero-order valence-corrected chi connectivity index (χ0v) is 9.05. The highest BCUT2D eigenvalue weighted by Crippen LogP contribution is 2.10. The number of rotatable bonds is 5. The number of nitrogens with one attached hydrogen (secondary N) is 1. The van der Waals surface area contributed by atoms with E-state index in [1.807, 2.05) is 0 Å². The Morgan fingerprint density at radius 3 is 2.85 bits per heavy atom. The molecule has 3 heteroatoms. The van der Waals surface area contributed by atoms with Crippen molar-refractivity contribution in [2.24, 2.45) is 0 Å². The first-order chi connectivity index (χ1) is 6.18. The van der Waals surface area contributed by atoms with E-state index in [0.29, 0.717) is 12.1 Å². The number of nitrogens with zero attached hydrogens (tertiary/aromatic N) is 1. The van der Waals surface area contributed by atoms with Gasteiger partial charge in [0, 0.05) is 25.7 Å². The molecule has 1 heterocycles. The molecule has 1 N–H and O–H groups in total. The fourth-order valence-electron chi connectivity index (χ4n) is 1.75. The Morgan fingerprint density at radius 1 is 1.54 bits per heavy atom. The summed E-state index contributed by atoms with van der Waals surface area (Å²) in [6, 6.07) is 0.555. The first-order valence-electron chi connectivity index (χ1n) is 5.18. The van der Waals surface area contributed by atoms with E-state index in [1.165, 1.54) is 12.8 Å². The lowest BCUT2D eigenvalue weighted by molar-refractivity contribution is 0.107. The standard InChI is InChI=1S/C10H22N2O/c1-9(8-12(2)3)11-7-10-5-4-6-13-10/h9-11H,4-8H2,1-3H3/t9?,10-/m0/s1. The number of likely N-dealkylation sites (N-methyl/N-ethyl adjacent to an activating group) is 1. The van der Waals surface area contributed by atoms with Crippen molar-refractivity contribution < 1.29 is 4.74 Å². The van der Waals surface area contributed by atoms with E-state index in [-0.39, 0.29) is 0 Å². The molecule has 1 aliphatic rings. The molecule has 0 aliphatic carbocycles. The Bertz CT molecular complexity index is 133. The van der Waals surface area contributed by atoms with Gasteiger partial charge in [-0.1, -0.05) is 0 Å². The van der Waals surface area contributed by atoms with Gasteiger partial charge in [-0.2, -0.15) is 0 Å². The molecule has 1 aliphatic heterocycles. The van der Waals surface area contributed by atoms with E-state index in [0.717, 1.165) is 19.7 Å². The summed E-state index contributed by atoms with van der Waals surface area (Å²) in [5.41, 5.74) is 0. The summed E-state index contributed by atoms with van der Waals surface area (Å²) >= 11 is 0. The fraction of sp³-hybridized carbons (Fsp3) is 1.00. The fourth-order valence-corrected chi connectivity index (χ4v) is 1.75. The van der Waals surface area contributed by atoms with Crippen LogP contribution < -0.4 is 5.32 Å². The Kier molecular flexibility index (Phi) is 4.70. The van der Waals surface area contributed by atoms with Gasteiger partial charge >= 0.3 is 0 Å². The minimum atomic E-state index is 0.463. The van der Waals surface area contributed by atoms with Crippen LogP contribution >= 0.6 is 0 Å². The van der Waals surface area contributed by atoms with Crippen LogP contribution in [0.25, 0.3) is 0 Å². The maximum absolute atomic E-state index is 5.53. The third kappa shape index (κ3) is 4.60. The van der Waals surface area contributed by atoms with Crippen LogP contribution in [-0.2, 0) is 4.74 Å². The van der Waals surface area contributed by atoms with Crippen LogP contribution in [0.3, 0.4) is 0 Å². The van der Waals surface area contributed by atoms with Crippen LogP contribution in [0.1, 0.15) is 19.8 Å². The molecule has 3 nitrogen and oxygen atoms in total. The van der Waals surface area contributed by atoms with Gasteiger partial charge in [0.1, 0.15) is 0 Å². The molecule has 0 aromatic carbocycles. The molecular formula is C10H22N2O. The van der Waals surface area contributed by atoms with Gasteiger partial charge < -0.3 is 15.0 Å². The van der Waals surface area contributed by atoms with Crippen LogP contribution in [0, 0.1) is 0 Å². The van der Waals surface area contributed by atoms with Crippen molar-refractivity contribution >= 4 is 0 Å². The number of ether oxygens (including phenoxy) is 1. The van der Waals surface area contributed by atoms with Gasteiger partial charge in [0.25, 0.3) is 0 Å². The summed E-state index contributed by atoms with van der Waals surface area (Å²) in [5.74, 6) is 0. The van der Waals surface area contributed by atoms with Gasteiger partial charge in [-0.3, -0.25) is 0 Å². The van der Waals surface area contributed by atoms with Gasteiger partial charge in [-0.25, -0.2) is 0 Å². The average molecular weight is 186 g/mol. The van der Waals surface area contributed by atoms with Gasteiger partial charge in [0.05, 0.1) is 6.10 Å². The molecule has 1 saturated heterocycles. The third-order valence-corrected chi connectivity index (χ3v) is 2.36. The van der Waals surface area contributed by atoms with Crippen molar-refractivity contribution in [3.63, 3.8) is 0 Å². The van der Waals surface area contributed by atoms with Crippen molar-refractivity contribution in [2.75, 3.05) is 33.8 Å². The molecular weight excluding hydrogens is 164 g/mol. The van der Waals surface area contributed by atoms with Crippen molar-refractivity contribution in [1.82, 2.24) is 10.2 Å². The molecule has 78 valence electrons. The lowest BCUT2D eigenvalue weighted by atomic mass is 10.2. The first kappa shape index (κ1) is 11.0. The molecule has 1 fully saturated rings. The molecule has 0 saturated carbocycles. The van der Waals surface area contributed by atoms with Gasteiger partial charge in [0.2, 0.25) is 0 Å². The predicted molar refractivity (Wildman–Crippen MR) is 55.0 cm³/mol. The van der Waals surface area contributed by atoms with E-state index in [4.69, 9.17) is 4.74 Å². The van der Waals surface area contributed by atoms with Crippen molar-refractivity contribution in [3.8, 4) is 0 Å². The lowest BCUT2D eigenvalue weighted by Crippen LogP contribution is -2.39. The number of hydrogen-bond acceptors (Lipinski definition) is 3. The maximum Gasteiger partial charge on any atom is 0.0700 e. The minimum absolute atomic E-state index is 0.463. The molecule has 0 amide bonds. The Hall–Kier alpha value is -0.120. The topological polar surface area (TPSA) is 24.5 Å². The van der Waals surface area contributed by atoms with Crippen LogP contribution in [0.2, 0.25) is 0 Å². The molecule has 0 spiro atoms. The summed E-state index contributed by atoms with van der Waals surface area (Å²) in [7, 11) is 4.20. The van der Waals surface area contributed by atoms with Gasteiger partial charge in [-0.05, 0) is 33.9 Å². The quantitative estimate of drug-likeness (QED) is 0.684. The Labute approximate surface area is 81.4 Å². The predicted octanol–water partition coefficient (Wildman–Crippen LogP) is 0.705. The summed E-state index contributed by atoms with van der Waals surface area (Å²) < 4.78 is 5.53. The van der Waals surface area contributed by atoms with Crippen LogP contribution in [0.4, 0.5) is 0 Å². The van der Waals surface area contributed by atoms with Crippen molar-refractivity contribution in [3.05, 3.63) is 0 Å². The van der Waals surface area contributed by atoms with E-state index in [1.54, 1.807) is 0 Å². The summed E-state index contributed by atoms with van der Waals surface area (Å²) in [5, 5.41) is 3.49. The Morgan fingerprint density at radius 2 is 2.31 bits per heavy atom. The molecule has 1 rings (SSSR count). The second-order valence-electron chi connectivity index (χ2n) is 4.21. The smallest absolute Gasteiger partial charge is 0.0700 e. The molecule has 2 atom stereocenters. The largest absolute Gasteiger partial charge is 0.377 e. The first-order valence-corrected chi connectivity index (χ1v) is 5.18. The highest BCUT2D eigenvalue weighted by atomic mass is 16.5. The monoisotopic (exact) mass is 186 g/mol. The average Bonchev–Trinajstić information content (AvgIpc) is 2.51.